The third-order valence-corrected chi connectivity index (χ3v) is 6.34. The first kappa shape index (κ1) is 20.4. The number of carbonyl (C=O) groups is 1. The fourth-order valence-corrected chi connectivity index (χ4v) is 4.43. The van der Waals surface area contributed by atoms with Crippen LogP contribution < -0.4 is 10.0 Å². The molecule has 2 aromatic carbocycles. The molecule has 6 nitrogen and oxygen atoms in total. The van der Waals surface area contributed by atoms with Gasteiger partial charge in [0, 0.05) is 18.7 Å². The molecule has 2 N–H and O–H groups in total. The highest BCUT2D eigenvalue weighted by molar-refractivity contribution is 7.92. The van der Waals surface area contributed by atoms with Gasteiger partial charge in [-0.1, -0.05) is 30.7 Å². The third kappa shape index (κ3) is 5.33. The number of sulfonamides is 1. The number of hydrogen-bond donors (Lipinski definition) is 2. The van der Waals surface area contributed by atoms with E-state index in [1.54, 1.807) is 43.3 Å². The second kappa shape index (κ2) is 9.21. The lowest BCUT2D eigenvalue weighted by Gasteiger charge is -2.26. The first-order chi connectivity index (χ1) is 13.5. The summed E-state index contributed by atoms with van der Waals surface area (Å²) in [6, 6.07) is 13.2. The highest BCUT2D eigenvalue weighted by Gasteiger charge is 2.16. The molecule has 0 unspecified atom stereocenters. The zero-order valence-electron chi connectivity index (χ0n) is 16.1. The molecule has 0 spiro atoms. The Labute approximate surface area is 167 Å². The molecule has 0 bridgehead atoms. The van der Waals surface area contributed by atoms with Gasteiger partial charge >= 0.3 is 0 Å². The lowest BCUT2D eigenvalue weighted by molar-refractivity contribution is 0.0946. The normalized spacial score (nSPS) is 15.2. The van der Waals surface area contributed by atoms with Gasteiger partial charge in [-0.25, -0.2) is 8.42 Å². The number of aryl methyl sites for hydroxylation is 1. The van der Waals surface area contributed by atoms with Crippen molar-refractivity contribution in [1.29, 1.82) is 0 Å². The summed E-state index contributed by atoms with van der Waals surface area (Å²) in [6.07, 6.45) is 3.72. The van der Waals surface area contributed by atoms with Crippen LogP contribution in [0.2, 0.25) is 0 Å². The molecule has 1 aliphatic heterocycles. The topological polar surface area (TPSA) is 78.5 Å². The zero-order chi connectivity index (χ0) is 20.0. The number of hydrogen-bond acceptors (Lipinski definition) is 4. The fraction of sp³-hybridized carbons (Fsp3) is 0.381. The van der Waals surface area contributed by atoms with Gasteiger partial charge in [-0.05, 0) is 62.7 Å². The van der Waals surface area contributed by atoms with Gasteiger partial charge in [0.05, 0.1) is 10.6 Å². The molecule has 150 valence electrons. The molecule has 0 saturated carbocycles. The van der Waals surface area contributed by atoms with Crippen molar-refractivity contribution in [3.05, 3.63) is 59.7 Å². The summed E-state index contributed by atoms with van der Waals surface area (Å²) in [5, 5.41) is 2.93. The smallest absolute Gasteiger partial charge is 0.261 e. The SMILES string of the molecule is Cc1ccc(C(=O)NCCN2CCCCC2)cc1NS(=O)(=O)c1ccccc1. The summed E-state index contributed by atoms with van der Waals surface area (Å²) in [4.78, 5) is 15.0. The lowest BCUT2D eigenvalue weighted by Crippen LogP contribution is -2.37. The molecule has 28 heavy (non-hydrogen) atoms. The second-order valence-electron chi connectivity index (χ2n) is 7.11. The van der Waals surface area contributed by atoms with Crippen LogP contribution in [0.4, 0.5) is 5.69 Å². The van der Waals surface area contributed by atoms with Crippen LogP contribution in [-0.4, -0.2) is 45.4 Å². The highest BCUT2D eigenvalue weighted by Crippen LogP contribution is 2.21. The number of amides is 1. The Bertz CT molecular complexity index is 908. The molecule has 1 heterocycles. The van der Waals surface area contributed by atoms with Crippen molar-refractivity contribution in [1.82, 2.24) is 10.2 Å². The van der Waals surface area contributed by atoms with Gasteiger partial charge in [-0.15, -0.1) is 0 Å². The standard InChI is InChI=1S/C21H27N3O3S/c1-17-10-11-18(21(25)22-12-15-24-13-6-3-7-14-24)16-20(17)23-28(26,27)19-8-4-2-5-9-19/h2,4-5,8-11,16,23H,3,6-7,12-15H2,1H3,(H,22,25). The fourth-order valence-electron chi connectivity index (χ4n) is 3.29. The van der Waals surface area contributed by atoms with Gasteiger partial charge in [0.1, 0.15) is 0 Å². The van der Waals surface area contributed by atoms with Gasteiger partial charge < -0.3 is 10.2 Å². The van der Waals surface area contributed by atoms with E-state index in [0.29, 0.717) is 17.8 Å². The quantitative estimate of drug-likeness (QED) is 0.748. The predicted molar refractivity (Wildman–Crippen MR) is 111 cm³/mol. The lowest BCUT2D eigenvalue weighted by atomic mass is 10.1. The summed E-state index contributed by atoms with van der Waals surface area (Å²) >= 11 is 0. The van der Waals surface area contributed by atoms with E-state index in [2.05, 4.69) is 14.9 Å². The summed E-state index contributed by atoms with van der Waals surface area (Å²) in [5.74, 6) is -0.197. The molecule has 3 rings (SSSR count). The number of anilines is 1. The predicted octanol–water partition coefficient (Wildman–Crippen LogP) is 3.01. The van der Waals surface area contributed by atoms with E-state index in [-0.39, 0.29) is 10.8 Å². The first-order valence-electron chi connectivity index (χ1n) is 9.65. The van der Waals surface area contributed by atoms with Crippen LogP contribution in [-0.2, 0) is 10.0 Å². The minimum absolute atomic E-state index is 0.186. The maximum atomic E-state index is 12.6. The van der Waals surface area contributed by atoms with Crippen LogP contribution in [0.15, 0.2) is 53.4 Å². The number of nitrogens with zero attached hydrogens (tertiary/aromatic N) is 1. The number of carbonyl (C=O) groups excluding carboxylic acids is 1. The monoisotopic (exact) mass is 401 g/mol. The van der Waals surface area contributed by atoms with Gasteiger partial charge in [-0.2, -0.15) is 0 Å². The number of rotatable bonds is 7. The van der Waals surface area contributed by atoms with Crippen molar-refractivity contribution >= 4 is 21.6 Å². The number of benzene rings is 2. The first-order valence-corrected chi connectivity index (χ1v) is 11.1. The zero-order valence-corrected chi connectivity index (χ0v) is 17.0. The van der Waals surface area contributed by atoms with Crippen LogP contribution >= 0.6 is 0 Å². The van der Waals surface area contributed by atoms with E-state index < -0.39 is 10.0 Å². The van der Waals surface area contributed by atoms with Crippen molar-refractivity contribution in [3.8, 4) is 0 Å². The Hall–Kier alpha value is -2.38. The molecule has 1 amide bonds. The van der Waals surface area contributed by atoms with Crippen LogP contribution in [0.3, 0.4) is 0 Å². The molecular formula is C21H27N3O3S. The Morgan fingerprint density at radius 1 is 1.04 bits per heavy atom. The van der Waals surface area contributed by atoms with E-state index in [0.717, 1.165) is 25.2 Å². The molecule has 1 aliphatic rings. The van der Waals surface area contributed by atoms with Crippen molar-refractivity contribution in [2.75, 3.05) is 30.9 Å². The number of likely N-dealkylation sites (tertiary alicyclic amines) is 1. The van der Waals surface area contributed by atoms with Crippen molar-refractivity contribution in [2.24, 2.45) is 0 Å². The van der Waals surface area contributed by atoms with E-state index >= 15 is 0 Å². The maximum absolute atomic E-state index is 12.6. The van der Waals surface area contributed by atoms with Crippen LogP contribution in [0, 0.1) is 6.92 Å². The largest absolute Gasteiger partial charge is 0.351 e. The summed E-state index contributed by atoms with van der Waals surface area (Å²) < 4.78 is 27.7. The van der Waals surface area contributed by atoms with Gasteiger partial charge in [-0.3, -0.25) is 9.52 Å². The minimum atomic E-state index is -3.70. The maximum Gasteiger partial charge on any atom is 0.261 e. The Balaban J connectivity index is 1.64. The summed E-state index contributed by atoms with van der Waals surface area (Å²) in [5.41, 5.74) is 1.60. The van der Waals surface area contributed by atoms with Crippen LogP contribution in [0.5, 0.6) is 0 Å². The molecule has 0 radical (unpaired) electrons. The van der Waals surface area contributed by atoms with Gasteiger partial charge in [0.15, 0.2) is 0 Å². The van der Waals surface area contributed by atoms with Crippen molar-refractivity contribution in [2.45, 2.75) is 31.1 Å². The van der Waals surface area contributed by atoms with Crippen LogP contribution in [0.25, 0.3) is 0 Å². The number of nitrogens with one attached hydrogen (secondary N) is 2. The second-order valence-corrected chi connectivity index (χ2v) is 8.79. The Kier molecular flexibility index (Phi) is 6.70. The minimum Gasteiger partial charge on any atom is -0.351 e. The van der Waals surface area contributed by atoms with E-state index in [1.165, 1.54) is 31.4 Å². The highest BCUT2D eigenvalue weighted by atomic mass is 32.2. The molecule has 0 aromatic heterocycles. The Morgan fingerprint density at radius 3 is 2.46 bits per heavy atom. The molecule has 1 saturated heterocycles. The molecule has 1 fully saturated rings. The van der Waals surface area contributed by atoms with E-state index in [1.807, 2.05) is 0 Å². The molecule has 0 atom stereocenters. The average molecular weight is 402 g/mol. The third-order valence-electron chi connectivity index (χ3n) is 4.96. The summed E-state index contributed by atoms with van der Waals surface area (Å²) in [6.45, 7) is 5.40. The average Bonchev–Trinajstić information content (AvgIpc) is 2.71. The van der Waals surface area contributed by atoms with Gasteiger partial charge in [0.25, 0.3) is 15.9 Å². The van der Waals surface area contributed by atoms with Gasteiger partial charge in [0.2, 0.25) is 0 Å². The Morgan fingerprint density at radius 2 is 1.75 bits per heavy atom. The van der Waals surface area contributed by atoms with E-state index in [4.69, 9.17) is 0 Å². The molecule has 2 aromatic rings. The molecule has 0 aliphatic carbocycles. The molecular weight excluding hydrogens is 374 g/mol. The van der Waals surface area contributed by atoms with Crippen molar-refractivity contribution < 1.29 is 13.2 Å². The van der Waals surface area contributed by atoms with Crippen molar-refractivity contribution in [3.63, 3.8) is 0 Å². The van der Waals surface area contributed by atoms with E-state index in [9.17, 15) is 13.2 Å². The summed E-state index contributed by atoms with van der Waals surface area (Å²) in [7, 11) is -3.70. The molecule has 7 heteroatoms. The van der Waals surface area contributed by atoms with Crippen LogP contribution in [0.1, 0.15) is 35.2 Å². The number of piperidine rings is 1.